The first kappa shape index (κ1) is 10.7. The van der Waals surface area contributed by atoms with Crippen LogP contribution in [0.2, 0.25) is 0 Å². The van der Waals surface area contributed by atoms with Gasteiger partial charge < -0.3 is 4.74 Å². The largest absolute Gasteiger partial charge is 0.381 e. The molecule has 0 atom stereocenters. The van der Waals surface area contributed by atoms with Crippen molar-refractivity contribution in [2.45, 2.75) is 51.5 Å². The average Bonchev–Trinajstić information content (AvgIpc) is 2.19. The van der Waals surface area contributed by atoms with E-state index >= 15 is 0 Å². The first-order chi connectivity index (χ1) is 6.43. The van der Waals surface area contributed by atoms with Crippen LogP contribution in [0.25, 0.3) is 0 Å². The maximum atomic E-state index is 5.23. The summed E-state index contributed by atoms with van der Waals surface area (Å²) in [6.07, 6.45) is 9.76. The Morgan fingerprint density at radius 1 is 1.31 bits per heavy atom. The Morgan fingerprint density at radius 2 is 2.08 bits per heavy atom. The monoisotopic (exact) mass is 183 g/mol. The molecule has 0 aromatic carbocycles. The molecule has 0 aromatic rings. The maximum Gasteiger partial charge on any atom is 0.0515 e. The molecule has 0 N–H and O–H groups in total. The molecule has 0 heterocycles. The second kappa shape index (κ2) is 7.07. The van der Waals surface area contributed by atoms with E-state index in [1.807, 2.05) is 13.1 Å². The highest BCUT2D eigenvalue weighted by atomic mass is 16.5. The normalized spacial score (nSPS) is 19.8. The van der Waals surface area contributed by atoms with Crippen molar-refractivity contribution in [2.24, 2.45) is 4.99 Å². The van der Waals surface area contributed by atoms with Gasteiger partial charge in [-0.15, -0.1) is 0 Å². The molecule has 1 rings (SSSR count). The predicted molar refractivity (Wildman–Crippen MR) is 56.5 cm³/mol. The number of hydrogen-bond donors (Lipinski definition) is 0. The van der Waals surface area contributed by atoms with Crippen LogP contribution in [0.3, 0.4) is 0 Å². The quantitative estimate of drug-likeness (QED) is 0.474. The van der Waals surface area contributed by atoms with Crippen LogP contribution in [0, 0.1) is 0 Å². The fourth-order valence-electron chi connectivity index (χ4n) is 1.73. The van der Waals surface area contributed by atoms with E-state index in [-0.39, 0.29) is 0 Å². The zero-order valence-electron chi connectivity index (χ0n) is 8.67. The minimum atomic E-state index is 0.621. The molecule has 0 unspecified atom stereocenters. The lowest BCUT2D eigenvalue weighted by Gasteiger charge is -2.16. The van der Waals surface area contributed by atoms with Gasteiger partial charge in [0, 0.05) is 25.3 Å². The number of ether oxygens (including phenoxy) is 1. The van der Waals surface area contributed by atoms with E-state index in [2.05, 4.69) is 4.99 Å². The SMILES string of the molecule is CCOCC/C=N/C1CCCCC1. The van der Waals surface area contributed by atoms with Crippen molar-refractivity contribution in [1.82, 2.24) is 0 Å². The standard InChI is InChI=1S/C11H21NO/c1-2-13-10-6-9-12-11-7-4-3-5-8-11/h9,11H,2-8,10H2,1H3/b12-9+. The van der Waals surface area contributed by atoms with Gasteiger partial charge in [-0.25, -0.2) is 0 Å². The van der Waals surface area contributed by atoms with Gasteiger partial charge in [-0.1, -0.05) is 19.3 Å². The summed E-state index contributed by atoms with van der Waals surface area (Å²) in [5.74, 6) is 0. The van der Waals surface area contributed by atoms with Crippen LogP contribution >= 0.6 is 0 Å². The maximum absolute atomic E-state index is 5.23. The molecule has 2 nitrogen and oxygen atoms in total. The van der Waals surface area contributed by atoms with Crippen LogP contribution in [0.4, 0.5) is 0 Å². The topological polar surface area (TPSA) is 21.6 Å². The van der Waals surface area contributed by atoms with Crippen LogP contribution in [0.1, 0.15) is 45.4 Å². The van der Waals surface area contributed by atoms with E-state index in [4.69, 9.17) is 4.74 Å². The lowest BCUT2D eigenvalue weighted by molar-refractivity contribution is 0.155. The summed E-state index contributed by atoms with van der Waals surface area (Å²) in [6, 6.07) is 0.621. The van der Waals surface area contributed by atoms with E-state index in [9.17, 15) is 0 Å². The zero-order chi connectivity index (χ0) is 9.36. The lowest BCUT2D eigenvalue weighted by atomic mass is 9.96. The number of hydrogen-bond acceptors (Lipinski definition) is 2. The molecule has 1 aliphatic rings. The van der Waals surface area contributed by atoms with Crippen molar-refractivity contribution in [2.75, 3.05) is 13.2 Å². The van der Waals surface area contributed by atoms with Gasteiger partial charge in [-0.05, 0) is 19.8 Å². The Kier molecular flexibility index (Phi) is 5.83. The van der Waals surface area contributed by atoms with Crippen molar-refractivity contribution in [3.8, 4) is 0 Å². The summed E-state index contributed by atoms with van der Waals surface area (Å²) >= 11 is 0. The zero-order valence-corrected chi connectivity index (χ0v) is 8.67. The molecule has 0 spiro atoms. The summed E-state index contributed by atoms with van der Waals surface area (Å²) in [5.41, 5.74) is 0. The van der Waals surface area contributed by atoms with Gasteiger partial charge in [0.15, 0.2) is 0 Å². The van der Waals surface area contributed by atoms with Crippen LogP contribution in [0.15, 0.2) is 4.99 Å². The number of rotatable bonds is 5. The van der Waals surface area contributed by atoms with Crippen LogP contribution in [-0.4, -0.2) is 25.5 Å². The molecule has 0 radical (unpaired) electrons. The first-order valence-electron chi connectivity index (χ1n) is 5.53. The molecule has 0 aromatic heterocycles. The highest BCUT2D eigenvalue weighted by molar-refractivity contribution is 5.57. The summed E-state index contributed by atoms with van der Waals surface area (Å²) in [6.45, 7) is 3.67. The molecule has 0 saturated heterocycles. The van der Waals surface area contributed by atoms with Gasteiger partial charge in [0.2, 0.25) is 0 Å². The minimum Gasteiger partial charge on any atom is -0.381 e. The van der Waals surface area contributed by atoms with Crippen molar-refractivity contribution < 1.29 is 4.74 Å². The third-order valence-electron chi connectivity index (χ3n) is 2.49. The van der Waals surface area contributed by atoms with E-state index in [0.717, 1.165) is 19.6 Å². The lowest BCUT2D eigenvalue weighted by Crippen LogP contribution is -2.09. The molecular weight excluding hydrogens is 162 g/mol. The smallest absolute Gasteiger partial charge is 0.0515 e. The Balaban J connectivity index is 2.01. The van der Waals surface area contributed by atoms with Crippen LogP contribution in [-0.2, 0) is 4.74 Å². The van der Waals surface area contributed by atoms with E-state index in [1.165, 1.54) is 32.1 Å². The fraction of sp³-hybridized carbons (Fsp3) is 0.909. The highest BCUT2D eigenvalue weighted by Crippen LogP contribution is 2.19. The second-order valence-electron chi connectivity index (χ2n) is 3.61. The predicted octanol–water partition coefficient (Wildman–Crippen LogP) is 2.82. The molecule has 76 valence electrons. The molecule has 1 aliphatic carbocycles. The molecule has 13 heavy (non-hydrogen) atoms. The van der Waals surface area contributed by atoms with E-state index in [0.29, 0.717) is 6.04 Å². The average molecular weight is 183 g/mol. The molecule has 0 aliphatic heterocycles. The third-order valence-corrected chi connectivity index (χ3v) is 2.49. The molecule has 2 heteroatoms. The third kappa shape index (κ3) is 5.04. The Bertz CT molecular complexity index is 139. The van der Waals surface area contributed by atoms with Gasteiger partial charge in [0.1, 0.15) is 0 Å². The van der Waals surface area contributed by atoms with E-state index in [1.54, 1.807) is 0 Å². The Labute approximate surface area is 81.4 Å². The molecule has 0 amide bonds. The highest BCUT2D eigenvalue weighted by Gasteiger charge is 2.10. The van der Waals surface area contributed by atoms with Gasteiger partial charge in [0.25, 0.3) is 0 Å². The van der Waals surface area contributed by atoms with Crippen molar-refractivity contribution in [3.63, 3.8) is 0 Å². The molecule has 1 saturated carbocycles. The van der Waals surface area contributed by atoms with Crippen molar-refractivity contribution in [1.29, 1.82) is 0 Å². The number of aliphatic imine (C=N–C) groups is 1. The summed E-state index contributed by atoms with van der Waals surface area (Å²) in [7, 11) is 0. The Morgan fingerprint density at radius 3 is 2.77 bits per heavy atom. The molecular formula is C11H21NO. The van der Waals surface area contributed by atoms with Crippen molar-refractivity contribution in [3.05, 3.63) is 0 Å². The molecule has 1 fully saturated rings. The summed E-state index contributed by atoms with van der Waals surface area (Å²) in [4.78, 5) is 4.55. The Hall–Kier alpha value is -0.370. The van der Waals surface area contributed by atoms with Crippen LogP contribution < -0.4 is 0 Å². The van der Waals surface area contributed by atoms with Crippen LogP contribution in [0.5, 0.6) is 0 Å². The summed E-state index contributed by atoms with van der Waals surface area (Å²) < 4.78 is 5.23. The fourth-order valence-corrected chi connectivity index (χ4v) is 1.73. The minimum absolute atomic E-state index is 0.621. The van der Waals surface area contributed by atoms with E-state index < -0.39 is 0 Å². The van der Waals surface area contributed by atoms with Gasteiger partial charge >= 0.3 is 0 Å². The first-order valence-corrected chi connectivity index (χ1v) is 5.53. The van der Waals surface area contributed by atoms with Gasteiger partial charge in [-0.2, -0.15) is 0 Å². The number of nitrogens with zero attached hydrogens (tertiary/aromatic N) is 1. The van der Waals surface area contributed by atoms with Gasteiger partial charge in [0.05, 0.1) is 6.61 Å². The molecule has 0 bridgehead atoms. The van der Waals surface area contributed by atoms with Crippen molar-refractivity contribution >= 4 is 6.21 Å². The summed E-state index contributed by atoms with van der Waals surface area (Å²) in [5, 5.41) is 0. The second-order valence-corrected chi connectivity index (χ2v) is 3.61. The van der Waals surface area contributed by atoms with Gasteiger partial charge in [-0.3, -0.25) is 4.99 Å².